The van der Waals surface area contributed by atoms with Gasteiger partial charge in [-0.25, -0.2) is 0 Å². The molecule has 0 aromatic carbocycles. The third-order valence-corrected chi connectivity index (χ3v) is 4.39. The predicted octanol–water partition coefficient (Wildman–Crippen LogP) is 2.93. The van der Waals surface area contributed by atoms with E-state index >= 15 is 0 Å². The topological polar surface area (TPSA) is 88.1 Å². The van der Waals surface area contributed by atoms with Crippen molar-refractivity contribution in [2.24, 2.45) is 0 Å². The molecule has 26 heavy (non-hydrogen) atoms. The number of unbranched alkanes of at least 4 members (excludes halogenated alkanes) is 1. The van der Waals surface area contributed by atoms with E-state index in [1.54, 1.807) is 20.8 Å². The molecular formula is C19H32O7. The highest BCUT2D eigenvalue weighted by Gasteiger charge is 2.49. The lowest BCUT2D eigenvalue weighted by atomic mass is 9.86. The normalized spacial score (nSPS) is 21.0. The van der Waals surface area contributed by atoms with Crippen molar-refractivity contribution in [1.29, 1.82) is 0 Å². The molecule has 0 spiro atoms. The van der Waals surface area contributed by atoms with Gasteiger partial charge in [0.05, 0.1) is 26.1 Å². The zero-order chi connectivity index (χ0) is 19.6. The minimum absolute atomic E-state index is 0.0300. The van der Waals surface area contributed by atoms with E-state index in [1.165, 1.54) is 0 Å². The van der Waals surface area contributed by atoms with Crippen molar-refractivity contribution in [1.82, 2.24) is 0 Å². The van der Waals surface area contributed by atoms with Gasteiger partial charge in [-0.05, 0) is 40.0 Å². The fourth-order valence-corrected chi connectivity index (χ4v) is 3.06. The van der Waals surface area contributed by atoms with E-state index in [2.05, 4.69) is 0 Å². The molecule has 0 aliphatic carbocycles. The molecule has 0 aromatic heterocycles. The molecule has 0 saturated carbocycles. The summed E-state index contributed by atoms with van der Waals surface area (Å²) in [6, 6.07) is 0. The van der Waals surface area contributed by atoms with Gasteiger partial charge in [-0.1, -0.05) is 13.3 Å². The van der Waals surface area contributed by atoms with Gasteiger partial charge in [0.15, 0.2) is 5.79 Å². The van der Waals surface area contributed by atoms with Crippen LogP contribution in [0, 0.1) is 0 Å². The second kappa shape index (κ2) is 10.6. The molecule has 0 amide bonds. The summed E-state index contributed by atoms with van der Waals surface area (Å²) in [5, 5.41) is 0. The molecule has 1 fully saturated rings. The number of aldehydes is 1. The summed E-state index contributed by atoms with van der Waals surface area (Å²) in [5.74, 6) is -1.69. The molecule has 150 valence electrons. The summed E-state index contributed by atoms with van der Waals surface area (Å²) in [6.07, 6.45) is 3.21. The highest BCUT2D eigenvalue weighted by Crippen LogP contribution is 2.38. The molecule has 1 aliphatic rings. The van der Waals surface area contributed by atoms with Gasteiger partial charge >= 0.3 is 11.9 Å². The Hall–Kier alpha value is -1.47. The van der Waals surface area contributed by atoms with Gasteiger partial charge < -0.3 is 23.7 Å². The van der Waals surface area contributed by atoms with Gasteiger partial charge in [-0.2, -0.15) is 0 Å². The van der Waals surface area contributed by atoms with Gasteiger partial charge in [0.1, 0.15) is 18.0 Å². The first-order valence-electron chi connectivity index (χ1n) is 9.41. The van der Waals surface area contributed by atoms with Crippen molar-refractivity contribution in [2.75, 3.05) is 13.2 Å². The number of rotatable bonds is 12. The van der Waals surface area contributed by atoms with E-state index in [0.29, 0.717) is 19.4 Å². The van der Waals surface area contributed by atoms with Crippen LogP contribution in [-0.4, -0.2) is 48.9 Å². The summed E-state index contributed by atoms with van der Waals surface area (Å²) in [6.45, 7) is 7.93. The Morgan fingerprint density at radius 1 is 1.19 bits per heavy atom. The number of hydrogen-bond acceptors (Lipinski definition) is 7. The third-order valence-electron chi connectivity index (χ3n) is 4.39. The Morgan fingerprint density at radius 2 is 1.88 bits per heavy atom. The Morgan fingerprint density at radius 3 is 2.42 bits per heavy atom. The van der Waals surface area contributed by atoms with Crippen LogP contribution >= 0.6 is 0 Å². The van der Waals surface area contributed by atoms with Crippen molar-refractivity contribution in [3.05, 3.63) is 0 Å². The Labute approximate surface area is 155 Å². The highest BCUT2D eigenvalue weighted by molar-refractivity contribution is 5.77. The molecule has 1 aliphatic heterocycles. The van der Waals surface area contributed by atoms with E-state index in [1.807, 2.05) is 6.92 Å². The second-order valence-corrected chi connectivity index (χ2v) is 6.97. The molecule has 2 atom stereocenters. The van der Waals surface area contributed by atoms with Crippen LogP contribution in [0.5, 0.6) is 0 Å². The van der Waals surface area contributed by atoms with E-state index in [9.17, 15) is 14.4 Å². The minimum Gasteiger partial charge on any atom is -0.466 e. The van der Waals surface area contributed by atoms with Crippen molar-refractivity contribution in [3.63, 3.8) is 0 Å². The summed E-state index contributed by atoms with van der Waals surface area (Å²) in [7, 11) is 0. The van der Waals surface area contributed by atoms with Crippen molar-refractivity contribution < 1.29 is 33.3 Å². The summed E-state index contributed by atoms with van der Waals surface area (Å²) in [5.41, 5.74) is -0.934. The first kappa shape index (κ1) is 22.6. The molecule has 0 aromatic rings. The van der Waals surface area contributed by atoms with Crippen LogP contribution in [0.4, 0.5) is 0 Å². The maximum Gasteiger partial charge on any atom is 0.307 e. The molecule has 1 saturated heterocycles. The number of carbonyl (C=O) groups is 3. The quantitative estimate of drug-likeness (QED) is 0.384. The lowest BCUT2D eigenvalue weighted by molar-refractivity contribution is -0.197. The lowest BCUT2D eigenvalue weighted by Gasteiger charge is -2.38. The molecule has 0 bridgehead atoms. The van der Waals surface area contributed by atoms with Gasteiger partial charge in [0.2, 0.25) is 0 Å². The number of carbonyl (C=O) groups excluding carboxylic acids is 3. The molecule has 1 rings (SSSR count). The number of hydrogen-bond donors (Lipinski definition) is 0. The minimum atomic E-state index is -0.934. The van der Waals surface area contributed by atoms with Crippen LogP contribution in [0.3, 0.4) is 0 Å². The molecule has 0 unspecified atom stereocenters. The van der Waals surface area contributed by atoms with Crippen LogP contribution in [0.2, 0.25) is 0 Å². The third kappa shape index (κ3) is 7.03. The maximum atomic E-state index is 12.4. The van der Waals surface area contributed by atoms with Crippen LogP contribution in [0.25, 0.3) is 0 Å². The second-order valence-electron chi connectivity index (χ2n) is 6.97. The average molecular weight is 372 g/mol. The van der Waals surface area contributed by atoms with E-state index < -0.39 is 29.4 Å². The molecule has 7 heteroatoms. The Balaban J connectivity index is 2.87. The van der Waals surface area contributed by atoms with Crippen LogP contribution < -0.4 is 0 Å². The largest absolute Gasteiger partial charge is 0.466 e. The molecule has 1 heterocycles. The highest BCUT2D eigenvalue weighted by atomic mass is 16.8. The molecular weight excluding hydrogens is 340 g/mol. The van der Waals surface area contributed by atoms with Gasteiger partial charge in [0, 0.05) is 6.42 Å². The smallest absolute Gasteiger partial charge is 0.307 e. The maximum absolute atomic E-state index is 12.4. The first-order valence-corrected chi connectivity index (χ1v) is 9.41. The summed E-state index contributed by atoms with van der Waals surface area (Å²) >= 11 is 0. The lowest BCUT2D eigenvalue weighted by Crippen LogP contribution is -2.48. The summed E-state index contributed by atoms with van der Waals surface area (Å²) in [4.78, 5) is 34.8. The zero-order valence-electron chi connectivity index (χ0n) is 16.4. The van der Waals surface area contributed by atoms with E-state index in [-0.39, 0.29) is 25.9 Å². The number of esters is 2. The van der Waals surface area contributed by atoms with Gasteiger partial charge in [-0.3, -0.25) is 9.59 Å². The Kier molecular flexibility index (Phi) is 9.22. The molecule has 0 N–H and O–H groups in total. The van der Waals surface area contributed by atoms with Gasteiger partial charge in [0.25, 0.3) is 0 Å². The SMILES string of the molecule is CCCC[C@@](CCC=O)(OC(=O)CCC(=O)OCC)[C@H]1COC(C)(C)O1. The van der Waals surface area contributed by atoms with E-state index in [4.69, 9.17) is 18.9 Å². The first-order chi connectivity index (χ1) is 12.3. The van der Waals surface area contributed by atoms with Crippen molar-refractivity contribution >= 4 is 18.2 Å². The van der Waals surface area contributed by atoms with Crippen LogP contribution in [0.1, 0.15) is 72.6 Å². The summed E-state index contributed by atoms with van der Waals surface area (Å²) < 4.78 is 22.3. The van der Waals surface area contributed by atoms with Crippen molar-refractivity contribution in [2.45, 2.75) is 90.1 Å². The molecule has 0 radical (unpaired) electrons. The Bertz CT molecular complexity index is 475. The van der Waals surface area contributed by atoms with Crippen LogP contribution in [0.15, 0.2) is 0 Å². The predicted molar refractivity (Wildman–Crippen MR) is 94.4 cm³/mol. The molecule has 7 nitrogen and oxygen atoms in total. The monoisotopic (exact) mass is 372 g/mol. The fraction of sp³-hybridized carbons (Fsp3) is 0.842. The fourth-order valence-electron chi connectivity index (χ4n) is 3.06. The average Bonchev–Trinajstić information content (AvgIpc) is 2.96. The standard InChI is InChI=1S/C19H32O7/c1-5-7-11-19(12-8-13-20,15-14-24-18(3,4)25-15)26-17(22)10-9-16(21)23-6-2/h13,15H,5-12,14H2,1-4H3/t15-,19+/m1/s1. The zero-order valence-corrected chi connectivity index (χ0v) is 16.4. The van der Waals surface area contributed by atoms with Crippen LogP contribution in [-0.2, 0) is 33.3 Å². The van der Waals surface area contributed by atoms with Crippen molar-refractivity contribution in [3.8, 4) is 0 Å². The van der Waals surface area contributed by atoms with Gasteiger partial charge in [-0.15, -0.1) is 0 Å². The number of ether oxygens (including phenoxy) is 4. The van der Waals surface area contributed by atoms with E-state index in [0.717, 1.165) is 19.1 Å².